The predicted molar refractivity (Wildman–Crippen MR) is 75.8 cm³/mol. The Morgan fingerprint density at radius 3 is 3.05 bits per heavy atom. The molecule has 2 N–H and O–H groups in total. The van der Waals surface area contributed by atoms with Gasteiger partial charge >= 0.3 is 0 Å². The molecule has 1 atom stereocenters. The zero-order chi connectivity index (χ0) is 13.2. The molecule has 0 bridgehead atoms. The normalized spacial score (nSPS) is 19.5. The number of H-pyrrole nitrogens is 1. The Morgan fingerprint density at radius 2 is 2.26 bits per heavy atom. The maximum Gasteiger partial charge on any atom is 0.255 e. The summed E-state index contributed by atoms with van der Waals surface area (Å²) in [5.74, 6) is 0.881. The van der Waals surface area contributed by atoms with E-state index in [1.54, 1.807) is 6.20 Å². The highest BCUT2D eigenvalue weighted by Crippen LogP contribution is 2.25. The van der Waals surface area contributed by atoms with Gasteiger partial charge in [0.15, 0.2) is 0 Å². The molecule has 19 heavy (non-hydrogen) atoms. The lowest BCUT2D eigenvalue weighted by atomic mass is 10.1. The van der Waals surface area contributed by atoms with Crippen LogP contribution in [0, 0.1) is 6.92 Å². The Balaban J connectivity index is 1.95. The quantitative estimate of drug-likeness (QED) is 0.866. The van der Waals surface area contributed by atoms with Crippen molar-refractivity contribution in [2.75, 3.05) is 13.1 Å². The second-order valence-corrected chi connectivity index (χ2v) is 5.10. The van der Waals surface area contributed by atoms with Crippen molar-refractivity contribution in [1.82, 2.24) is 10.3 Å². The van der Waals surface area contributed by atoms with E-state index in [1.165, 1.54) is 0 Å². The Bertz CT molecular complexity index is 642. The Morgan fingerprint density at radius 1 is 1.37 bits per heavy atom. The number of fused-ring (bicyclic) bond motifs is 1. The molecule has 1 fully saturated rings. The third-order valence-electron chi connectivity index (χ3n) is 3.61. The van der Waals surface area contributed by atoms with E-state index in [2.05, 4.69) is 10.3 Å². The number of pyridine rings is 1. The summed E-state index contributed by atoms with van der Waals surface area (Å²) in [7, 11) is 0. The number of hydrogen-bond acceptors (Lipinski definition) is 3. The third-order valence-corrected chi connectivity index (χ3v) is 3.61. The van der Waals surface area contributed by atoms with Crippen LogP contribution in [0.2, 0.25) is 0 Å². The second kappa shape index (κ2) is 5.05. The summed E-state index contributed by atoms with van der Waals surface area (Å²) in [5.41, 5.74) is 0.959. The molecule has 0 unspecified atom stereocenters. The third kappa shape index (κ3) is 2.49. The first-order valence-corrected chi connectivity index (χ1v) is 6.73. The molecule has 4 heteroatoms. The highest BCUT2D eigenvalue weighted by molar-refractivity contribution is 5.83. The molecule has 0 spiro atoms. The van der Waals surface area contributed by atoms with Gasteiger partial charge in [0.25, 0.3) is 5.56 Å². The molecule has 1 saturated heterocycles. The van der Waals surface area contributed by atoms with E-state index >= 15 is 0 Å². The number of hydrogen-bond donors (Lipinski definition) is 2. The molecule has 0 amide bonds. The van der Waals surface area contributed by atoms with Crippen LogP contribution in [0.3, 0.4) is 0 Å². The molecule has 3 rings (SSSR count). The van der Waals surface area contributed by atoms with Gasteiger partial charge in [0.2, 0.25) is 0 Å². The Hall–Kier alpha value is -1.81. The summed E-state index contributed by atoms with van der Waals surface area (Å²) in [4.78, 5) is 14.4. The minimum atomic E-state index is -0.0496. The van der Waals surface area contributed by atoms with Crippen LogP contribution in [0.15, 0.2) is 29.2 Å². The Labute approximate surface area is 111 Å². The van der Waals surface area contributed by atoms with Gasteiger partial charge in [0.05, 0.1) is 0 Å². The number of benzene rings is 1. The lowest BCUT2D eigenvalue weighted by Crippen LogP contribution is -2.37. The maximum atomic E-state index is 11.7. The predicted octanol–water partition coefficient (Wildman–Crippen LogP) is 1.97. The van der Waals surface area contributed by atoms with E-state index in [0.717, 1.165) is 42.6 Å². The zero-order valence-corrected chi connectivity index (χ0v) is 11.0. The van der Waals surface area contributed by atoms with Gasteiger partial charge in [-0.2, -0.15) is 0 Å². The van der Waals surface area contributed by atoms with Crippen molar-refractivity contribution in [2.45, 2.75) is 25.9 Å². The molecule has 0 aliphatic carbocycles. The van der Waals surface area contributed by atoms with Gasteiger partial charge < -0.3 is 15.0 Å². The Kier molecular flexibility index (Phi) is 3.25. The number of piperidine rings is 1. The number of aryl methyl sites for hydroxylation is 1. The summed E-state index contributed by atoms with van der Waals surface area (Å²) in [6.07, 6.45) is 4.13. The molecule has 1 aromatic heterocycles. The molecule has 1 aliphatic rings. The highest BCUT2D eigenvalue weighted by atomic mass is 16.5. The van der Waals surface area contributed by atoms with E-state index in [-0.39, 0.29) is 11.7 Å². The lowest BCUT2D eigenvalue weighted by molar-refractivity contribution is 0.166. The molecule has 1 aliphatic heterocycles. The molecular formula is C15H18N2O2. The van der Waals surface area contributed by atoms with Crippen molar-refractivity contribution in [3.05, 3.63) is 40.3 Å². The van der Waals surface area contributed by atoms with Crippen LogP contribution in [-0.4, -0.2) is 24.2 Å². The van der Waals surface area contributed by atoms with Gasteiger partial charge in [0.1, 0.15) is 11.9 Å². The van der Waals surface area contributed by atoms with Gasteiger partial charge in [-0.05, 0) is 55.5 Å². The summed E-state index contributed by atoms with van der Waals surface area (Å²) in [6, 6.07) is 5.77. The smallest absolute Gasteiger partial charge is 0.255 e. The summed E-state index contributed by atoms with van der Waals surface area (Å²) in [5, 5.41) is 4.98. The van der Waals surface area contributed by atoms with Crippen molar-refractivity contribution in [3.8, 4) is 5.75 Å². The van der Waals surface area contributed by atoms with Gasteiger partial charge in [-0.25, -0.2) is 0 Å². The fourth-order valence-corrected chi connectivity index (χ4v) is 2.55. The van der Waals surface area contributed by atoms with Gasteiger partial charge in [-0.15, -0.1) is 0 Å². The highest BCUT2D eigenvalue weighted by Gasteiger charge is 2.15. The number of rotatable bonds is 2. The van der Waals surface area contributed by atoms with Crippen molar-refractivity contribution >= 4 is 10.8 Å². The van der Waals surface area contributed by atoms with Gasteiger partial charge in [-0.1, -0.05) is 0 Å². The van der Waals surface area contributed by atoms with Crippen LogP contribution in [0.4, 0.5) is 0 Å². The standard InChI is InChI=1S/C15H18N2O2/c1-10-7-13-11(4-6-17-15(13)18)8-14(10)19-12-3-2-5-16-9-12/h4,6-8,12,16H,2-3,5,9H2,1H3,(H,17,18)/t12-/m0/s1. The first-order chi connectivity index (χ1) is 9.24. The first-order valence-electron chi connectivity index (χ1n) is 6.73. The van der Waals surface area contributed by atoms with E-state index < -0.39 is 0 Å². The fraction of sp³-hybridized carbons (Fsp3) is 0.400. The number of nitrogens with one attached hydrogen (secondary N) is 2. The molecule has 1 aromatic carbocycles. The topological polar surface area (TPSA) is 54.1 Å². The molecule has 0 radical (unpaired) electrons. The lowest BCUT2D eigenvalue weighted by Gasteiger charge is -2.24. The molecule has 0 saturated carbocycles. The largest absolute Gasteiger partial charge is 0.489 e. The average molecular weight is 258 g/mol. The second-order valence-electron chi connectivity index (χ2n) is 5.10. The molecule has 2 aromatic rings. The number of aromatic nitrogens is 1. The maximum absolute atomic E-state index is 11.7. The SMILES string of the molecule is Cc1cc2c(=O)[nH]ccc2cc1O[C@H]1CCCNC1. The fourth-order valence-electron chi connectivity index (χ4n) is 2.55. The minimum Gasteiger partial charge on any atom is -0.489 e. The van der Waals surface area contributed by atoms with Crippen LogP contribution in [0.5, 0.6) is 5.75 Å². The summed E-state index contributed by atoms with van der Waals surface area (Å²) >= 11 is 0. The van der Waals surface area contributed by atoms with E-state index in [1.807, 2.05) is 25.1 Å². The summed E-state index contributed by atoms with van der Waals surface area (Å²) < 4.78 is 6.06. The summed E-state index contributed by atoms with van der Waals surface area (Å²) in [6.45, 7) is 3.95. The van der Waals surface area contributed by atoms with E-state index in [4.69, 9.17) is 4.74 Å². The van der Waals surface area contributed by atoms with E-state index in [0.29, 0.717) is 5.39 Å². The van der Waals surface area contributed by atoms with Crippen LogP contribution in [0.1, 0.15) is 18.4 Å². The van der Waals surface area contributed by atoms with Gasteiger partial charge in [-0.3, -0.25) is 4.79 Å². The average Bonchev–Trinajstić information content (AvgIpc) is 2.42. The first kappa shape index (κ1) is 12.2. The monoisotopic (exact) mass is 258 g/mol. The zero-order valence-electron chi connectivity index (χ0n) is 11.0. The van der Waals surface area contributed by atoms with Crippen LogP contribution in [0.25, 0.3) is 10.8 Å². The molecule has 4 nitrogen and oxygen atoms in total. The number of aromatic amines is 1. The van der Waals surface area contributed by atoms with Crippen molar-refractivity contribution < 1.29 is 4.74 Å². The van der Waals surface area contributed by atoms with Crippen LogP contribution in [-0.2, 0) is 0 Å². The van der Waals surface area contributed by atoms with Crippen molar-refractivity contribution in [1.29, 1.82) is 0 Å². The van der Waals surface area contributed by atoms with Gasteiger partial charge in [0, 0.05) is 18.1 Å². The van der Waals surface area contributed by atoms with Crippen molar-refractivity contribution in [3.63, 3.8) is 0 Å². The van der Waals surface area contributed by atoms with E-state index in [9.17, 15) is 4.79 Å². The van der Waals surface area contributed by atoms with Crippen LogP contribution >= 0.6 is 0 Å². The van der Waals surface area contributed by atoms with Crippen LogP contribution < -0.4 is 15.6 Å². The van der Waals surface area contributed by atoms with Crippen molar-refractivity contribution in [2.24, 2.45) is 0 Å². The molecular weight excluding hydrogens is 240 g/mol. The minimum absolute atomic E-state index is 0.0496. The molecule has 100 valence electrons. The molecule has 2 heterocycles. The number of ether oxygens (including phenoxy) is 1.